The van der Waals surface area contributed by atoms with E-state index in [1.165, 1.54) is 0 Å². The molecule has 1 aromatic carbocycles. The Morgan fingerprint density at radius 1 is 1.17 bits per heavy atom. The molecule has 1 atom stereocenters. The lowest BCUT2D eigenvalue weighted by Gasteiger charge is -2.25. The first-order valence-corrected chi connectivity index (χ1v) is 9.40. The molecule has 0 aliphatic heterocycles. The Hall–Kier alpha value is -1.89. The number of sulfone groups is 1. The maximum atomic E-state index is 12.5. The average molecular weight is 339 g/mol. The van der Waals surface area contributed by atoms with Gasteiger partial charge in [0.05, 0.1) is 5.92 Å². The molecule has 0 saturated heterocycles. The SMILES string of the molecule is CC(C(=O)O)c1ccc(NC(=O)C2(S(C)(=O)=O)CCCC2)cc1. The van der Waals surface area contributed by atoms with Crippen molar-refractivity contribution in [2.75, 3.05) is 11.6 Å². The van der Waals surface area contributed by atoms with Crippen LogP contribution in [0.1, 0.15) is 44.1 Å². The predicted octanol–water partition coefficient (Wildman–Crippen LogP) is 2.17. The lowest BCUT2D eigenvalue weighted by atomic mass is 10.0. The van der Waals surface area contributed by atoms with E-state index >= 15 is 0 Å². The Morgan fingerprint density at radius 2 is 1.70 bits per heavy atom. The van der Waals surface area contributed by atoms with E-state index in [1.807, 2.05) is 0 Å². The number of benzene rings is 1. The molecule has 0 aromatic heterocycles. The van der Waals surface area contributed by atoms with E-state index in [0.717, 1.165) is 19.1 Å². The van der Waals surface area contributed by atoms with Gasteiger partial charge in [0, 0.05) is 11.9 Å². The first-order chi connectivity index (χ1) is 10.7. The minimum Gasteiger partial charge on any atom is -0.481 e. The number of hydrogen-bond acceptors (Lipinski definition) is 4. The topological polar surface area (TPSA) is 101 Å². The van der Waals surface area contributed by atoms with Gasteiger partial charge in [-0.05, 0) is 37.5 Å². The number of carbonyl (C=O) groups excluding carboxylic acids is 1. The molecule has 1 aromatic rings. The number of rotatable bonds is 5. The number of carboxylic acids is 1. The molecule has 1 unspecified atom stereocenters. The quantitative estimate of drug-likeness (QED) is 0.856. The molecule has 1 amide bonds. The van der Waals surface area contributed by atoms with Crippen LogP contribution in [0.2, 0.25) is 0 Å². The second kappa shape index (κ2) is 6.31. The van der Waals surface area contributed by atoms with Crippen molar-refractivity contribution in [3.05, 3.63) is 29.8 Å². The van der Waals surface area contributed by atoms with Crippen LogP contribution in [-0.2, 0) is 19.4 Å². The standard InChI is InChI=1S/C16H21NO5S/c1-11(14(18)19)12-5-7-13(8-6-12)17-15(20)16(23(2,21)22)9-3-4-10-16/h5-8,11H,3-4,9-10H2,1-2H3,(H,17,20)(H,18,19). The smallest absolute Gasteiger partial charge is 0.310 e. The summed E-state index contributed by atoms with van der Waals surface area (Å²) in [5, 5.41) is 11.6. The first-order valence-electron chi connectivity index (χ1n) is 7.51. The third-order valence-electron chi connectivity index (χ3n) is 4.57. The number of carboxylic acid groups (broad SMARTS) is 1. The van der Waals surface area contributed by atoms with Gasteiger partial charge in [-0.3, -0.25) is 9.59 Å². The van der Waals surface area contributed by atoms with Crippen LogP contribution < -0.4 is 5.32 Å². The highest BCUT2D eigenvalue weighted by molar-refractivity contribution is 7.92. The van der Waals surface area contributed by atoms with Crippen LogP contribution in [0.3, 0.4) is 0 Å². The molecule has 1 aliphatic rings. The highest BCUT2D eigenvalue weighted by Gasteiger charge is 2.49. The van der Waals surface area contributed by atoms with Gasteiger partial charge in [-0.15, -0.1) is 0 Å². The molecule has 0 heterocycles. The number of amides is 1. The van der Waals surface area contributed by atoms with E-state index in [-0.39, 0.29) is 0 Å². The van der Waals surface area contributed by atoms with Crippen molar-refractivity contribution >= 4 is 27.4 Å². The van der Waals surface area contributed by atoms with Crippen molar-refractivity contribution in [2.45, 2.75) is 43.3 Å². The maximum absolute atomic E-state index is 12.5. The van der Waals surface area contributed by atoms with Crippen LogP contribution in [0, 0.1) is 0 Å². The highest BCUT2D eigenvalue weighted by atomic mass is 32.2. The van der Waals surface area contributed by atoms with Crippen molar-refractivity contribution in [1.29, 1.82) is 0 Å². The molecule has 7 heteroatoms. The molecule has 1 saturated carbocycles. The largest absolute Gasteiger partial charge is 0.481 e. The normalized spacial score (nSPS) is 18.3. The molecule has 0 radical (unpaired) electrons. The van der Waals surface area contributed by atoms with Crippen molar-refractivity contribution in [3.8, 4) is 0 Å². The van der Waals surface area contributed by atoms with Gasteiger partial charge in [0.15, 0.2) is 14.6 Å². The Kier molecular flexibility index (Phi) is 4.79. The minimum atomic E-state index is -3.51. The summed E-state index contributed by atoms with van der Waals surface area (Å²) in [6.07, 6.45) is 3.22. The molecule has 1 aliphatic carbocycles. The Balaban J connectivity index is 2.18. The van der Waals surface area contributed by atoms with Crippen LogP contribution >= 0.6 is 0 Å². The van der Waals surface area contributed by atoms with E-state index in [4.69, 9.17) is 5.11 Å². The monoisotopic (exact) mass is 339 g/mol. The molecule has 2 rings (SSSR count). The second-order valence-corrected chi connectivity index (χ2v) is 8.44. The van der Waals surface area contributed by atoms with E-state index in [1.54, 1.807) is 31.2 Å². The van der Waals surface area contributed by atoms with E-state index in [9.17, 15) is 18.0 Å². The Bertz CT molecular complexity index is 702. The van der Waals surface area contributed by atoms with Gasteiger partial charge in [0.1, 0.15) is 0 Å². The fraction of sp³-hybridized carbons (Fsp3) is 0.500. The molecule has 23 heavy (non-hydrogen) atoms. The van der Waals surface area contributed by atoms with Gasteiger partial charge in [0.25, 0.3) is 0 Å². The van der Waals surface area contributed by atoms with Gasteiger partial charge in [-0.1, -0.05) is 25.0 Å². The van der Waals surface area contributed by atoms with Crippen LogP contribution in [-0.4, -0.2) is 36.4 Å². The van der Waals surface area contributed by atoms with Crippen molar-refractivity contribution in [1.82, 2.24) is 0 Å². The number of aliphatic carboxylic acids is 1. The summed E-state index contributed by atoms with van der Waals surface area (Å²) in [6.45, 7) is 1.58. The molecule has 126 valence electrons. The third-order valence-corrected chi connectivity index (χ3v) is 6.59. The van der Waals surface area contributed by atoms with Crippen LogP contribution in [0.15, 0.2) is 24.3 Å². The number of hydrogen-bond donors (Lipinski definition) is 2. The van der Waals surface area contributed by atoms with E-state index < -0.39 is 32.4 Å². The summed E-state index contributed by atoms with van der Waals surface area (Å²) in [7, 11) is -3.51. The molecular weight excluding hydrogens is 318 g/mol. The van der Waals surface area contributed by atoms with Crippen LogP contribution in [0.4, 0.5) is 5.69 Å². The number of carbonyl (C=O) groups is 2. The summed E-state index contributed by atoms with van der Waals surface area (Å²) < 4.78 is 22.8. The second-order valence-electron chi connectivity index (χ2n) is 6.11. The summed E-state index contributed by atoms with van der Waals surface area (Å²) in [5.74, 6) is -2.07. The lowest BCUT2D eigenvalue weighted by Crippen LogP contribution is -2.47. The summed E-state index contributed by atoms with van der Waals surface area (Å²) >= 11 is 0. The third kappa shape index (κ3) is 3.39. The van der Waals surface area contributed by atoms with Gasteiger partial charge >= 0.3 is 5.97 Å². The molecule has 0 spiro atoms. The van der Waals surface area contributed by atoms with Crippen LogP contribution in [0.25, 0.3) is 0 Å². The summed E-state index contributed by atoms with van der Waals surface area (Å²) in [6, 6.07) is 6.43. The minimum absolute atomic E-state index is 0.339. The van der Waals surface area contributed by atoms with Gasteiger partial charge in [-0.2, -0.15) is 0 Å². The molecule has 1 fully saturated rings. The predicted molar refractivity (Wildman–Crippen MR) is 87.2 cm³/mol. The maximum Gasteiger partial charge on any atom is 0.310 e. The summed E-state index contributed by atoms with van der Waals surface area (Å²) in [4.78, 5) is 23.5. The zero-order chi connectivity index (χ0) is 17.3. The number of anilines is 1. The lowest BCUT2D eigenvalue weighted by molar-refractivity contribution is -0.138. The van der Waals surface area contributed by atoms with Gasteiger partial charge in [0.2, 0.25) is 5.91 Å². The highest BCUT2D eigenvalue weighted by Crippen LogP contribution is 2.37. The fourth-order valence-electron chi connectivity index (χ4n) is 2.96. The van der Waals surface area contributed by atoms with Gasteiger partial charge < -0.3 is 10.4 Å². The van der Waals surface area contributed by atoms with E-state index in [0.29, 0.717) is 24.1 Å². The average Bonchev–Trinajstić information content (AvgIpc) is 2.97. The van der Waals surface area contributed by atoms with Crippen molar-refractivity contribution in [3.63, 3.8) is 0 Å². The van der Waals surface area contributed by atoms with Gasteiger partial charge in [-0.25, -0.2) is 8.42 Å². The van der Waals surface area contributed by atoms with Crippen molar-refractivity contribution < 1.29 is 23.1 Å². The van der Waals surface area contributed by atoms with Crippen molar-refractivity contribution in [2.24, 2.45) is 0 Å². The van der Waals surface area contributed by atoms with E-state index in [2.05, 4.69) is 5.32 Å². The molecular formula is C16H21NO5S. The zero-order valence-electron chi connectivity index (χ0n) is 13.2. The molecule has 2 N–H and O–H groups in total. The fourth-order valence-corrected chi connectivity index (χ4v) is 4.37. The first kappa shape index (κ1) is 17.5. The molecule has 0 bridgehead atoms. The van der Waals surface area contributed by atoms with Crippen LogP contribution in [0.5, 0.6) is 0 Å². The summed E-state index contributed by atoms with van der Waals surface area (Å²) in [5.41, 5.74) is 1.08. The Morgan fingerprint density at radius 3 is 2.13 bits per heavy atom. The molecule has 6 nitrogen and oxygen atoms in total. The Labute approximate surface area is 135 Å². The number of nitrogens with one attached hydrogen (secondary N) is 1. The zero-order valence-corrected chi connectivity index (χ0v) is 14.0.